The van der Waals surface area contributed by atoms with Gasteiger partial charge in [-0.15, -0.1) is 11.8 Å². The van der Waals surface area contributed by atoms with Gasteiger partial charge in [0.15, 0.2) is 0 Å². The van der Waals surface area contributed by atoms with Crippen LogP contribution in [-0.2, 0) is 9.53 Å². The number of hydrogen-bond acceptors (Lipinski definition) is 4. The third-order valence-corrected chi connectivity index (χ3v) is 2.85. The van der Waals surface area contributed by atoms with Crippen molar-refractivity contribution >= 4 is 17.7 Å². The van der Waals surface area contributed by atoms with Gasteiger partial charge >= 0.3 is 0 Å². The summed E-state index contributed by atoms with van der Waals surface area (Å²) in [6.45, 7) is 2.72. The van der Waals surface area contributed by atoms with Crippen molar-refractivity contribution in [3.63, 3.8) is 0 Å². The summed E-state index contributed by atoms with van der Waals surface area (Å²) in [5.74, 6) is 5.80. The third kappa shape index (κ3) is 5.90. The highest BCUT2D eigenvalue weighted by Crippen LogP contribution is 2.15. The van der Waals surface area contributed by atoms with Crippen LogP contribution in [-0.4, -0.2) is 30.6 Å². The summed E-state index contributed by atoms with van der Waals surface area (Å²) in [7, 11) is 1.65. The quantitative estimate of drug-likeness (QED) is 0.276. The molecule has 0 heterocycles. The number of hydrazine groups is 1. The number of nitrogens with two attached hydrogens (primary N) is 1. The second kappa shape index (κ2) is 8.34. The van der Waals surface area contributed by atoms with Gasteiger partial charge in [0.05, 0.1) is 11.9 Å². The molecule has 0 aromatic carbocycles. The van der Waals surface area contributed by atoms with E-state index in [9.17, 15) is 4.79 Å². The van der Waals surface area contributed by atoms with E-state index in [1.54, 1.807) is 18.9 Å². The number of methoxy groups -OCH3 is 1. The van der Waals surface area contributed by atoms with E-state index in [1.165, 1.54) is 0 Å². The van der Waals surface area contributed by atoms with E-state index >= 15 is 0 Å². The lowest BCUT2D eigenvalue weighted by Gasteiger charge is -2.13. The number of ether oxygens (including phenoxy) is 1. The number of carbonyl (C=O) groups excluding carboxylic acids is 1. The third-order valence-electron chi connectivity index (χ3n) is 1.59. The Balaban J connectivity index is 3.73. The Hall–Kier alpha value is -0.260. The second-order valence-corrected chi connectivity index (χ2v) is 3.96. The lowest BCUT2D eigenvalue weighted by atomic mass is 10.2. The van der Waals surface area contributed by atoms with Crippen molar-refractivity contribution in [3.05, 3.63) is 0 Å². The van der Waals surface area contributed by atoms with Crippen LogP contribution in [0.25, 0.3) is 0 Å². The zero-order valence-corrected chi connectivity index (χ0v) is 9.02. The molecule has 0 rings (SSSR count). The maximum Gasteiger partial charge on any atom is 0.246 e. The average molecular weight is 206 g/mol. The molecule has 0 radical (unpaired) electrons. The van der Waals surface area contributed by atoms with Gasteiger partial charge in [0, 0.05) is 12.9 Å². The molecule has 1 amide bonds. The monoisotopic (exact) mass is 206 g/mol. The predicted octanol–water partition coefficient (Wildman–Crippen LogP) is 0.525. The zero-order chi connectivity index (χ0) is 10.1. The topological polar surface area (TPSA) is 64.3 Å². The molecule has 5 heteroatoms. The van der Waals surface area contributed by atoms with Crippen LogP contribution in [0.1, 0.15) is 19.8 Å². The molecule has 0 fully saturated rings. The van der Waals surface area contributed by atoms with E-state index < -0.39 is 0 Å². The minimum atomic E-state index is -0.0945. The van der Waals surface area contributed by atoms with Crippen molar-refractivity contribution in [2.45, 2.75) is 25.0 Å². The Morgan fingerprint density at radius 3 is 2.85 bits per heavy atom. The Morgan fingerprint density at radius 1 is 1.69 bits per heavy atom. The maximum atomic E-state index is 11.2. The molecular weight excluding hydrogens is 188 g/mol. The number of amides is 1. The Bertz CT molecular complexity index is 144. The van der Waals surface area contributed by atoms with Gasteiger partial charge in [-0.3, -0.25) is 10.2 Å². The van der Waals surface area contributed by atoms with E-state index in [2.05, 4.69) is 5.43 Å². The van der Waals surface area contributed by atoms with E-state index in [0.717, 1.165) is 18.6 Å². The van der Waals surface area contributed by atoms with Crippen molar-refractivity contribution in [2.24, 2.45) is 5.84 Å². The number of nitrogens with one attached hydrogen (secondary N) is 1. The predicted molar refractivity (Wildman–Crippen MR) is 55.4 cm³/mol. The minimum absolute atomic E-state index is 0.0369. The summed E-state index contributed by atoms with van der Waals surface area (Å²) in [6.07, 6.45) is 1.84. The summed E-state index contributed by atoms with van der Waals surface area (Å²) in [5.41, 5.74) is 2.18. The zero-order valence-electron chi connectivity index (χ0n) is 8.21. The van der Waals surface area contributed by atoms with Crippen molar-refractivity contribution in [3.8, 4) is 0 Å². The number of thioether (sulfide) groups is 1. The molecule has 0 bridgehead atoms. The highest BCUT2D eigenvalue weighted by atomic mass is 32.2. The Kier molecular flexibility index (Phi) is 8.18. The average Bonchev–Trinajstić information content (AvgIpc) is 2.16. The van der Waals surface area contributed by atoms with Crippen LogP contribution in [0, 0.1) is 0 Å². The first kappa shape index (κ1) is 12.7. The summed E-state index contributed by atoms with van der Waals surface area (Å²) < 4.78 is 4.90. The first-order valence-corrected chi connectivity index (χ1v) is 5.42. The largest absolute Gasteiger partial charge is 0.384 e. The molecule has 0 aromatic rings. The fourth-order valence-corrected chi connectivity index (χ4v) is 2.09. The molecule has 1 atom stereocenters. The Labute approximate surface area is 83.6 Å². The van der Waals surface area contributed by atoms with Crippen LogP contribution in [0.2, 0.25) is 0 Å². The smallest absolute Gasteiger partial charge is 0.246 e. The number of rotatable bonds is 7. The van der Waals surface area contributed by atoms with Crippen molar-refractivity contribution < 1.29 is 9.53 Å². The lowest BCUT2D eigenvalue weighted by Crippen LogP contribution is -2.37. The molecule has 1 unspecified atom stereocenters. The summed E-state index contributed by atoms with van der Waals surface area (Å²) in [4.78, 5) is 11.2. The summed E-state index contributed by atoms with van der Waals surface area (Å²) in [5, 5.41) is -0.0369. The molecule has 0 aliphatic heterocycles. The van der Waals surface area contributed by atoms with Gasteiger partial charge < -0.3 is 4.74 Å². The van der Waals surface area contributed by atoms with Crippen LogP contribution >= 0.6 is 11.8 Å². The van der Waals surface area contributed by atoms with Crippen molar-refractivity contribution in [1.29, 1.82) is 0 Å². The highest BCUT2D eigenvalue weighted by molar-refractivity contribution is 8.00. The first-order valence-electron chi connectivity index (χ1n) is 4.37. The van der Waals surface area contributed by atoms with Crippen LogP contribution in [0.3, 0.4) is 0 Å². The molecule has 0 spiro atoms. The molecule has 0 aliphatic rings. The van der Waals surface area contributed by atoms with E-state index in [4.69, 9.17) is 10.6 Å². The van der Waals surface area contributed by atoms with Crippen molar-refractivity contribution in [2.75, 3.05) is 19.5 Å². The number of hydrogen-bond donors (Lipinski definition) is 2. The van der Waals surface area contributed by atoms with Gasteiger partial charge in [-0.2, -0.15) is 0 Å². The van der Waals surface area contributed by atoms with E-state index in [-0.39, 0.29) is 11.2 Å². The van der Waals surface area contributed by atoms with Gasteiger partial charge in [0.25, 0.3) is 0 Å². The summed E-state index contributed by atoms with van der Waals surface area (Å²) in [6, 6.07) is 0. The molecule has 4 nitrogen and oxygen atoms in total. The van der Waals surface area contributed by atoms with E-state index in [0.29, 0.717) is 6.61 Å². The van der Waals surface area contributed by atoms with Gasteiger partial charge in [-0.25, -0.2) is 5.84 Å². The molecule has 0 aliphatic carbocycles. The molecule has 0 saturated carbocycles. The highest BCUT2D eigenvalue weighted by Gasteiger charge is 2.16. The SMILES string of the molecule is CCCC(SCCOC)C(=O)NN. The Morgan fingerprint density at radius 2 is 2.38 bits per heavy atom. The molecule has 0 saturated heterocycles. The van der Waals surface area contributed by atoms with Crippen LogP contribution < -0.4 is 11.3 Å². The van der Waals surface area contributed by atoms with Gasteiger partial charge in [-0.1, -0.05) is 13.3 Å². The molecule has 78 valence electrons. The van der Waals surface area contributed by atoms with Gasteiger partial charge in [0.2, 0.25) is 5.91 Å². The fourth-order valence-electron chi connectivity index (χ4n) is 0.919. The molecule has 3 N–H and O–H groups in total. The van der Waals surface area contributed by atoms with Crippen LogP contribution in [0.15, 0.2) is 0 Å². The molecule has 13 heavy (non-hydrogen) atoms. The summed E-state index contributed by atoms with van der Waals surface area (Å²) >= 11 is 1.59. The molecular formula is C8H18N2O2S. The normalized spacial score (nSPS) is 12.5. The standard InChI is InChI=1S/C8H18N2O2S/c1-3-4-7(8(11)10-9)13-6-5-12-2/h7H,3-6,9H2,1-2H3,(H,10,11). The lowest BCUT2D eigenvalue weighted by molar-refractivity contribution is -0.120. The fraction of sp³-hybridized carbons (Fsp3) is 0.875. The minimum Gasteiger partial charge on any atom is -0.384 e. The van der Waals surface area contributed by atoms with E-state index in [1.807, 2.05) is 6.92 Å². The van der Waals surface area contributed by atoms with Crippen molar-refractivity contribution in [1.82, 2.24) is 5.43 Å². The maximum absolute atomic E-state index is 11.2. The number of carbonyl (C=O) groups is 1. The second-order valence-electron chi connectivity index (χ2n) is 2.65. The van der Waals surface area contributed by atoms with Gasteiger partial charge in [-0.05, 0) is 6.42 Å². The van der Waals surface area contributed by atoms with Gasteiger partial charge in [0.1, 0.15) is 0 Å². The molecule has 0 aromatic heterocycles. The van der Waals surface area contributed by atoms with Crippen LogP contribution in [0.5, 0.6) is 0 Å². The first-order chi connectivity index (χ1) is 6.26. The van der Waals surface area contributed by atoms with Crippen LogP contribution in [0.4, 0.5) is 0 Å².